The second kappa shape index (κ2) is 5.11. The van der Waals surface area contributed by atoms with Gasteiger partial charge in [0.05, 0.1) is 11.7 Å². The number of nitrogens with one attached hydrogen (secondary N) is 1. The van der Waals surface area contributed by atoms with Gasteiger partial charge in [0.1, 0.15) is 5.01 Å². The molecule has 2 aromatic rings. The Morgan fingerprint density at radius 1 is 1.44 bits per heavy atom. The van der Waals surface area contributed by atoms with E-state index in [9.17, 15) is 0 Å². The number of halogens is 1. The Hall–Kier alpha value is -0.710. The van der Waals surface area contributed by atoms with Crippen molar-refractivity contribution in [3.8, 4) is 10.6 Å². The minimum atomic E-state index is 0.458. The Balaban J connectivity index is 1.92. The highest BCUT2D eigenvalue weighted by Gasteiger charge is 2.19. The first-order valence-electron chi connectivity index (χ1n) is 6.19. The van der Waals surface area contributed by atoms with Crippen molar-refractivity contribution in [1.29, 1.82) is 0 Å². The molecule has 1 atom stereocenters. The van der Waals surface area contributed by atoms with Gasteiger partial charge in [-0.25, -0.2) is 4.98 Å². The molecule has 1 unspecified atom stereocenters. The van der Waals surface area contributed by atoms with Crippen molar-refractivity contribution in [3.63, 3.8) is 0 Å². The highest BCUT2D eigenvalue weighted by molar-refractivity contribution is 9.10. The lowest BCUT2D eigenvalue weighted by Crippen LogP contribution is -2.12. The number of aryl methyl sites for hydroxylation is 1. The molecule has 2 heterocycles. The van der Waals surface area contributed by atoms with E-state index in [1.54, 1.807) is 11.3 Å². The van der Waals surface area contributed by atoms with Crippen LogP contribution in [-0.2, 0) is 0 Å². The summed E-state index contributed by atoms with van der Waals surface area (Å²) in [4.78, 5) is 4.78. The van der Waals surface area contributed by atoms with Gasteiger partial charge in [0.15, 0.2) is 0 Å². The largest absolute Gasteiger partial charge is 0.309 e. The number of hydrogen-bond donors (Lipinski definition) is 1. The normalized spacial score (nSPS) is 19.3. The molecule has 1 aromatic carbocycles. The quantitative estimate of drug-likeness (QED) is 0.891. The number of aromatic nitrogens is 1. The first kappa shape index (κ1) is 12.3. The van der Waals surface area contributed by atoms with Crippen LogP contribution in [0.1, 0.15) is 30.1 Å². The van der Waals surface area contributed by atoms with Crippen molar-refractivity contribution >= 4 is 27.3 Å². The van der Waals surface area contributed by atoms with Gasteiger partial charge in [-0.3, -0.25) is 0 Å². The lowest BCUT2D eigenvalue weighted by Gasteiger charge is -2.05. The van der Waals surface area contributed by atoms with Crippen molar-refractivity contribution in [2.75, 3.05) is 6.54 Å². The molecular formula is C14H15BrN2S. The third kappa shape index (κ3) is 2.37. The minimum Gasteiger partial charge on any atom is -0.309 e. The maximum atomic E-state index is 4.78. The van der Waals surface area contributed by atoms with E-state index in [0.29, 0.717) is 6.04 Å². The summed E-state index contributed by atoms with van der Waals surface area (Å²) in [6, 6.07) is 6.88. The van der Waals surface area contributed by atoms with Crippen LogP contribution in [-0.4, -0.2) is 11.5 Å². The number of hydrogen-bond acceptors (Lipinski definition) is 3. The lowest BCUT2D eigenvalue weighted by molar-refractivity contribution is 0.632. The molecule has 1 aliphatic heterocycles. The van der Waals surface area contributed by atoms with Gasteiger partial charge in [-0.2, -0.15) is 0 Å². The Morgan fingerprint density at radius 2 is 2.33 bits per heavy atom. The smallest absolute Gasteiger partial charge is 0.124 e. The van der Waals surface area contributed by atoms with Gasteiger partial charge in [0, 0.05) is 15.4 Å². The van der Waals surface area contributed by atoms with Crippen LogP contribution >= 0.6 is 27.3 Å². The predicted octanol–water partition coefficient (Wildman–Crippen LogP) is 4.31. The molecular weight excluding hydrogens is 308 g/mol. The highest BCUT2D eigenvalue weighted by Crippen LogP contribution is 2.33. The summed E-state index contributed by atoms with van der Waals surface area (Å²) in [7, 11) is 0. The summed E-state index contributed by atoms with van der Waals surface area (Å²) < 4.78 is 1.13. The number of thiazole rings is 1. The average Bonchev–Trinajstić information content (AvgIpc) is 2.99. The molecule has 18 heavy (non-hydrogen) atoms. The summed E-state index contributed by atoms with van der Waals surface area (Å²) >= 11 is 5.36. The van der Waals surface area contributed by atoms with Crippen molar-refractivity contribution < 1.29 is 0 Å². The van der Waals surface area contributed by atoms with Gasteiger partial charge in [-0.15, -0.1) is 11.3 Å². The third-order valence-electron chi connectivity index (χ3n) is 3.29. The van der Waals surface area contributed by atoms with E-state index in [2.05, 4.69) is 51.7 Å². The molecule has 1 aliphatic rings. The van der Waals surface area contributed by atoms with Crippen molar-refractivity contribution in [2.45, 2.75) is 25.8 Å². The molecule has 3 rings (SSSR count). The zero-order chi connectivity index (χ0) is 12.5. The molecule has 1 saturated heterocycles. The van der Waals surface area contributed by atoms with Crippen LogP contribution < -0.4 is 5.32 Å². The highest BCUT2D eigenvalue weighted by atomic mass is 79.9. The van der Waals surface area contributed by atoms with Gasteiger partial charge in [-0.1, -0.05) is 28.1 Å². The zero-order valence-electron chi connectivity index (χ0n) is 10.2. The fourth-order valence-electron chi connectivity index (χ4n) is 2.30. The van der Waals surface area contributed by atoms with Gasteiger partial charge in [-0.05, 0) is 37.9 Å². The third-order valence-corrected chi connectivity index (χ3v) is 4.84. The topological polar surface area (TPSA) is 24.9 Å². The molecule has 0 amide bonds. The van der Waals surface area contributed by atoms with Gasteiger partial charge < -0.3 is 5.32 Å². The first-order chi connectivity index (χ1) is 8.74. The van der Waals surface area contributed by atoms with E-state index in [0.717, 1.165) is 16.0 Å². The molecule has 0 spiro atoms. The van der Waals surface area contributed by atoms with E-state index in [1.807, 2.05) is 0 Å². The summed E-state index contributed by atoms with van der Waals surface area (Å²) in [5.74, 6) is 0. The summed E-state index contributed by atoms with van der Waals surface area (Å²) in [5, 5.41) is 6.78. The van der Waals surface area contributed by atoms with Crippen LogP contribution in [0.3, 0.4) is 0 Å². The summed E-state index contributed by atoms with van der Waals surface area (Å²) in [5.41, 5.74) is 3.65. The number of benzene rings is 1. The van der Waals surface area contributed by atoms with E-state index in [-0.39, 0.29) is 0 Å². The van der Waals surface area contributed by atoms with Gasteiger partial charge in [0.2, 0.25) is 0 Å². The Morgan fingerprint density at radius 3 is 3.06 bits per heavy atom. The molecule has 2 nitrogen and oxygen atoms in total. The molecule has 0 bridgehead atoms. The average molecular weight is 323 g/mol. The number of nitrogens with zero attached hydrogens (tertiary/aromatic N) is 1. The molecule has 0 radical (unpaired) electrons. The van der Waals surface area contributed by atoms with E-state index >= 15 is 0 Å². The van der Waals surface area contributed by atoms with Crippen LogP contribution in [0.2, 0.25) is 0 Å². The second-order valence-electron chi connectivity index (χ2n) is 4.71. The van der Waals surface area contributed by atoms with Crippen molar-refractivity contribution in [3.05, 3.63) is 39.3 Å². The molecule has 0 saturated carbocycles. The van der Waals surface area contributed by atoms with Crippen LogP contribution in [0.5, 0.6) is 0 Å². The maximum Gasteiger partial charge on any atom is 0.124 e. The van der Waals surface area contributed by atoms with Crippen LogP contribution in [0, 0.1) is 6.92 Å². The van der Waals surface area contributed by atoms with Crippen LogP contribution in [0.25, 0.3) is 10.6 Å². The van der Waals surface area contributed by atoms with Crippen molar-refractivity contribution in [1.82, 2.24) is 10.3 Å². The standard InChI is InChI=1S/C14H15BrN2S/c1-9-4-5-10(11(15)7-9)14-17-13(8-18-14)12-3-2-6-16-12/h4-5,7-8,12,16H,2-3,6H2,1H3. The zero-order valence-corrected chi connectivity index (χ0v) is 12.6. The summed E-state index contributed by atoms with van der Waals surface area (Å²) in [6.45, 7) is 3.22. The van der Waals surface area contributed by atoms with Crippen LogP contribution in [0.15, 0.2) is 28.1 Å². The van der Waals surface area contributed by atoms with Crippen LogP contribution in [0.4, 0.5) is 0 Å². The molecule has 94 valence electrons. The monoisotopic (exact) mass is 322 g/mol. The number of rotatable bonds is 2. The Labute approximate surface area is 120 Å². The molecule has 1 fully saturated rings. The SMILES string of the molecule is Cc1ccc(-c2nc(C3CCCN3)cs2)c(Br)c1. The van der Waals surface area contributed by atoms with Gasteiger partial charge >= 0.3 is 0 Å². The van der Waals surface area contributed by atoms with E-state index in [4.69, 9.17) is 4.98 Å². The Kier molecular flexibility index (Phi) is 3.50. The molecule has 4 heteroatoms. The Bertz CT molecular complexity index is 559. The second-order valence-corrected chi connectivity index (χ2v) is 6.42. The van der Waals surface area contributed by atoms with Gasteiger partial charge in [0.25, 0.3) is 0 Å². The minimum absolute atomic E-state index is 0.458. The molecule has 1 aromatic heterocycles. The molecule has 1 N–H and O–H groups in total. The fraction of sp³-hybridized carbons (Fsp3) is 0.357. The predicted molar refractivity (Wildman–Crippen MR) is 80.0 cm³/mol. The maximum absolute atomic E-state index is 4.78. The molecule has 0 aliphatic carbocycles. The van der Waals surface area contributed by atoms with Crippen molar-refractivity contribution in [2.24, 2.45) is 0 Å². The lowest BCUT2D eigenvalue weighted by atomic mass is 10.1. The summed E-state index contributed by atoms with van der Waals surface area (Å²) in [6.07, 6.45) is 2.46. The van der Waals surface area contributed by atoms with E-state index < -0.39 is 0 Å². The fourth-order valence-corrected chi connectivity index (χ4v) is 4.03. The first-order valence-corrected chi connectivity index (χ1v) is 7.86. The van der Waals surface area contributed by atoms with E-state index in [1.165, 1.54) is 29.7 Å².